The van der Waals surface area contributed by atoms with Crippen LogP contribution in [0.25, 0.3) is 32.9 Å². The molecule has 38 heavy (non-hydrogen) atoms. The lowest BCUT2D eigenvalue weighted by Gasteiger charge is -2.24. The quantitative estimate of drug-likeness (QED) is 0.172. The van der Waals surface area contributed by atoms with E-state index >= 15 is 0 Å². The number of hydrogen-bond donors (Lipinski definition) is 1. The van der Waals surface area contributed by atoms with Crippen LogP contribution < -0.4 is 15.2 Å². The summed E-state index contributed by atoms with van der Waals surface area (Å²) >= 11 is 6.36. The van der Waals surface area contributed by atoms with Crippen molar-refractivity contribution in [2.75, 3.05) is 13.4 Å². The van der Waals surface area contributed by atoms with E-state index in [0.29, 0.717) is 43.8 Å². The number of nitrogens with two attached hydrogens (primary N) is 1. The molecule has 1 aliphatic heterocycles. The van der Waals surface area contributed by atoms with Gasteiger partial charge in [0.2, 0.25) is 5.88 Å². The number of aromatic nitrogens is 3. The first-order valence-corrected chi connectivity index (χ1v) is 14.2. The van der Waals surface area contributed by atoms with Crippen LogP contribution in [0.2, 0.25) is 0 Å². The highest BCUT2D eigenvalue weighted by molar-refractivity contribution is 9.10. The number of thiophene rings is 1. The molecule has 1 unspecified atom stereocenters. The number of benzene rings is 2. The second-order valence-corrected chi connectivity index (χ2v) is 11.0. The predicted octanol–water partition coefficient (Wildman–Crippen LogP) is 6.72. The molecule has 188 valence electrons. The van der Waals surface area contributed by atoms with Crippen LogP contribution in [-0.2, 0) is 0 Å². The summed E-state index contributed by atoms with van der Waals surface area (Å²) in [6, 6.07) is 17.6. The average Bonchev–Trinajstić information content (AvgIpc) is 3.57. The SMILES string of the molecule is COc1ccc(C2C(C#N)=C(N)Oc3c2sc2nc(SC)nc(-c4ncoc4-c4ccc(Br)cc4)c32)cc1. The molecule has 0 saturated carbocycles. The number of rotatable bonds is 5. The Kier molecular flexibility index (Phi) is 6.31. The largest absolute Gasteiger partial charge is 0.497 e. The molecule has 1 atom stereocenters. The minimum atomic E-state index is -0.428. The number of methoxy groups -OCH3 is 1. The number of nitriles is 1. The molecule has 0 amide bonds. The van der Waals surface area contributed by atoms with Crippen molar-refractivity contribution in [3.63, 3.8) is 0 Å². The zero-order valence-corrected chi connectivity index (χ0v) is 23.3. The minimum absolute atomic E-state index is 0.0497. The lowest BCUT2D eigenvalue weighted by molar-refractivity contribution is 0.401. The van der Waals surface area contributed by atoms with Crippen molar-refractivity contribution in [3.05, 3.63) is 81.3 Å². The van der Waals surface area contributed by atoms with Gasteiger partial charge in [0.15, 0.2) is 23.1 Å². The van der Waals surface area contributed by atoms with Crippen LogP contribution in [0.1, 0.15) is 16.4 Å². The number of halogens is 1. The first kappa shape index (κ1) is 24.5. The van der Waals surface area contributed by atoms with Crippen LogP contribution in [0.3, 0.4) is 0 Å². The number of allylic oxidation sites excluding steroid dienone is 1. The normalized spacial score (nSPS) is 14.7. The van der Waals surface area contributed by atoms with Crippen molar-refractivity contribution in [1.29, 1.82) is 5.26 Å². The Balaban J connectivity index is 1.60. The van der Waals surface area contributed by atoms with E-state index < -0.39 is 5.92 Å². The number of nitrogens with zero attached hydrogens (tertiary/aromatic N) is 4. The van der Waals surface area contributed by atoms with Gasteiger partial charge in [-0.25, -0.2) is 15.0 Å². The van der Waals surface area contributed by atoms with Crippen molar-refractivity contribution >= 4 is 49.2 Å². The monoisotopic (exact) mass is 603 g/mol. The number of oxazole rings is 1. The molecule has 0 bridgehead atoms. The third kappa shape index (κ3) is 4.01. The van der Waals surface area contributed by atoms with Gasteiger partial charge in [-0.05, 0) is 36.1 Å². The van der Waals surface area contributed by atoms with Crippen molar-refractivity contribution < 1.29 is 13.9 Å². The third-order valence-corrected chi connectivity index (χ3v) is 8.40. The summed E-state index contributed by atoms with van der Waals surface area (Å²) in [6.07, 6.45) is 3.32. The van der Waals surface area contributed by atoms with Gasteiger partial charge < -0.3 is 19.6 Å². The molecule has 0 saturated heterocycles. The van der Waals surface area contributed by atoms with Crippen molar-refractivity contribution in [3.8, 4) is 40.3 Å². The Morgan fingerprint density at radius 2 is 1.87 bits per heavy atom. The summed E-state index contributed by atoms with van der Waals surface area (Å²) < 4.78 is 18.2. The van der Waals surface area contributed by atoms with E-state index in [4.69, 9.17) is 29.6 Å². The summed E-state index contributed by atoms with van der Waals surface area (Å²) in [4.78, 5) is 15.7. The Labute approximate surface area is 234 Å². The molecule has 2 N–H and O–H groups in total. The molecular formula is C27H18BrN5O3S2. The smallest absolute Gasteiger partial charge is 0.205 e. The zero-order chi connectivity index (χ0) is 26.4. The Bertz CT molecular complexity index is 1750. The van der Waals surface area contributed by atoms with Gasteiger partial charge in [0.05, 0.1) is 23.3 Å². The van der Waals surface area contributed by atoms with Crippen LogP contribution in [-0.4, -0.2) is 28.3 Å². The summed E-state index contributed by atoms with van der Waals surface area (Å²) in [6.45, 7) is 0. The van der Waals surface area contributed by atoms with Gasteiger partial charge in [0.1, 0.15) is 33.6 Å². The molecule has 2 aromatic carbocycles. The topological polar surface area (TPSA) is 120 Å². The second-order valence-electron chi connectivity index (χ2n) is 8.27. The third-order valence-electron chi connectivity index (χ3n) is 6.19. The van der Waals surface area contributed by atoms with E-state index in [1.165, 1.54) is 29.5 Å². The first-order valence-electron chi connectivity index (χ1n) is 11.3. The lowest BCUT2D eigenvalue weighted by atomic mass is 9.88. The number of fused-ring (bicyclic) bond motifs is 3. The van der Waals surface area contributed by atoms with Gasteiger partial charge >= 0.3 is 0 Å². The molecular weight excluding hydrogens is 586 g/mol. The van der Waals surface area contributed by atoms with Gasteiger partial charge in [-0.1, -0.05) is 52.0 Å². The maximum Gasteiger partial charge on any atom is 0.205 e. The van der Waals surface area contributed by atoms with Gasteiger partial charge in [-0.2, -0.15) is 5.26 Å². The fraction of sp³-hybridized carbons (Fsp3) is 0.111. The van der Waals surface area contributed by atoms with E-state index in [1.807, 2.05) is 54.8 Å². The van der Waals surface area contributed by atoms with Crippen LogP contribution in [0, 0.1) is 11.3 Å². The zero-order valence-electron chi connectivity index (χ0n) is 20.1. The van der Waals surface area contributed by atoms with E-state index in [2.05, 4.69) is 27.0 Å². The fourth-order valence-corrected chi connectivity index (χ4v) is 6.35. The van der Waals surface area contributed by atoms with E-state index in [-0.39, 0.29) is 5.88 Å². The minimum Gasteiger partial charge on any atom is -0.497 e. The van der Waals surface area contributed by atoms with Crippen molar-refractivity contribution in [2.45, 2.75) is 11.1 Å². The number of thioether (sulfide) groups is 1. The average molecular weight is 605 g/mol. The summed E-state index contributed by atoms with van der Waals surface area (Å²) in [7, 11) is 1.61. The molecule has 4 heterocycles. The highest BCUT2D eigenvalue weighted by Crippen LogP contribution is 2.52. The van der Waals surface area contributed by atoms with Crippen molar-refractivity contribution in [1.82, 2.24) is 15.0 Å². The molecule has 0 aliphatic carbocycles. The Morgan fingerprint density at radius 3 is 2.55 bits per heavy atom. The highest BCUT2D eigenvalue weighted by atomic mass is 79.9. The lowest BCUT2D eigenvalue weighted by Crippen LogP contribution is -2.19. The summed E-state index contributed by atoms with van der Waals surface area (Å²) in [5.74, 6) is 1.44. The van der Waals surface area contributed by atoms with E-state index in [0.717, 1.165) is 26.2 Å². The Hall–Kier alpha value is -3.85. The fourth-order valence-electron chi connectivity index (χ4n) is 4.42. The van der Waals surface area contributed by atoms with E-state index in [1.54, 1.807) is 7.11 Å². The second kappa shape index (κ2) is 9.79. The number of ether oxygens (including phenoxy) is 2. The van der Waals surface area contributed by atoms with Gasteiger partial charge in [0, 0.05) is 10.0 Å². The highest BCUT2D eigenvalue weighted by Gasteiger charge is 2.36. The predicted molar refractivity (Wildman–Crippen MR) is 150 cm³/mol. The van der Waals surface area contributed by atoms with Crippen LogP contribution in [0.5, 0.6) is 11.5 Å². The van der Waals surface area contributed by atoms with Crippen LogP contribution >= 0.6 is 39.0 Å². The molecule has 5 aromatic rings. The maximum atomic E-state index is 10.0. The number of hydrogen-bond acceptors (Lipinski definition) is 10. The molecule has 0 fully saturated rings. The summed E-state index contributed by atoms with van der Waals surface area (Å²) in [5, 5.41) is 11.3. The molecule has 3 aromatic heterocycles. The summed E-state index contributed by atoms with van der Waals surface area (Å²) in [5.41, 5.74) is 9.55. The van der Waals surface area contributed by atoms with E-state index in [9.17, 15) is 5.26 Å². The van der Waals surface area contributed by atoms with Gasteiger partial charge in [-0.15, -0.1) is 11.3 Å². The maximum absolute atomic E-state index is 10.0. The molecule has 0 radical (unpaired) electrons. The molecule has 6 rings (SSSR count). The molecule has 1 aliphatic rings. The molecule has 11 heteroatoms. The van der Waals surface area contributed by atoms with Gasteiger partial charge in [0.25, 0.3) is 0 Å². The Morgan fingerprint density at radius 1 is 1.11 bits per heavy atom. The van der Waals surface area contributed by atoms with Gasteiger partial charge in [-0.3, -0.25) is 0 Å². The van der Waals surface area contributed by atoms with Crippen LogP contribution in [0.4, 0.5) is 0 Å². The van der Waals surface area contributed by atoms with Crippen molar-refractivity contribution in [2.24, 2.45) is 5.73 Å². The van der Waals surface area contributed by atoms with Crippen LogP contribution in [0.15, 0.2) is 80.4 Å². The first-order chi connectivity index (χ1) is 18.5. The standard InChI is InChI=1S/C27H18BrN5O3S2/c1-34-16-9-5-13(6-10-16)18-17(11-29)25(30)36-23-19-20(32-27(37-2)33-26(19)38-24(18)23)21-22(35-12-31-21)14-3-7-15(28)8-4-14/h3-10,12,18H,30H2,1-2H3. The molecule has 8 nitrogen and oxygen atoms in total. The molecule has 0 spiro atoms.